The Morgan fingerprint density at radius 1 is 1.11 bits per heavy atom. The maximum atomic E-state index is 12.4. The fourth-order valence-electron chi connectivity index (χ4n) is 2.28. The van der Waals surface area contributed by atoms with Gasteiger partial charge in [0.1, 0.15) is 0 Å². The van der Waals surface area contributed by atoms with E-state index >= 15 is 0 Å². The molecule has 1 atom stereocenters. The molecule has 0 saturated carbocycles. The molecule has 96 valence electrons. The molecule has 1 aliphatic rings. The van der Waals surface area contributed by atoms with Crippen LogP contribution in [0.3, 0.4) is 0 Å². The summed E-state index contributed by atoms with van der Waals surface area (Å²) in [5.41, 5.74) is 4.94. The van der Waals surface area contributed by atoms with Gasteiger partial charge in [-0.25, -0.2) is 10.4 Å². The van der Waals surface area contributed by atoms with Gasteiger partial charge >= 0.3 is 0 Å². The van der Waals surface area contributed by atoms with Crippen LogP contribution in [0.4, 0.5) is 5.69 Å². The normalized spacial score (nSPS) is 18.9. The van der Waals surface area contributed by atoms with Gasteiger partial charge in [-0.3, -0.25) is 4.79 Å². The number of para-hydroxylation sites is 1. The molecule has 0 bridgehead atoms. The summed E-state index contributed by atoms with van der Waals surface area (Å²) in [4.78, 5) is 12.4. The van der Waals surface area contributed by atoms with Crippen LogP contribution in [0.1, 0.15) is 11.5 Å². The highest BCUT2D eigenvalue weighted by Crippen LogP contribution is 2.27. The molecule has 1 unspecified atom stereocenters. The van der Waals surface area contributed by atoms with Crippen molar-refractivity contribution in [3.63, 3.8) is 0 Å². The number of halogens is 1. The summed E-state index contributed by atoms with van der Waals surface area (Å²) in [6, 6.07) is 17.0. The van der Waals surface area contributed by atoms with Crippen LogP contribution in [0.25, 0.3) is 0 Å². The molecule has 3 nitrogen and oxygen atoms in total. The van der Waals surface area contributed by atoms with Crippen LogP contribution in [-0.4, -0.2) is 12.5 Å². The molecule has 1 aliphatic heterocycles. The predicted molar refractivity (Wildman–Crippen MR) is 76.1 cm³/mol. The summed E-state index contributed by atoms with van der Waals surface area (Å²) in [7, 11) is 0. The zero-order chi connectivity index (χ0) is 13.2. The van der Waals surface area contributed by atoms with Gasteiger partial charge in [-0.15, -0.1) is 0 Å². The molecule has 3 rings (SSSR count). The van der Waals surface area contributed by atoms with Crippen molar-refractivity contribution in [2.24, 2.45) is 0 Å². The predicted octanol–water partition coefficient (Wildman–Crippen LogP) is 2.98. The Labute approximate surface area is 116 Å². The van der Waals surface area contributed by atoms with Crippen LogP contribution in [-0.2, 0) is 4.79 Å². The van der Waals surface area contributed by atoms with Gasteiger partial charge in [0, 0.05) is 11.6 Å². The number of amides is 1. The smallest absolute Gasteiger partial charge is 0.250 e. The van der Waals surface area contributed by atoms with Gasteiger partial charge in [-0.1, -0.05) is 41.9 Å². The highest BCUT2D eigenvalue weighted by atomic mass is 35.5. The Balaban J connectivity index is 1.87. The molecule has 2 aromatic carbocycles. The monoisotopic (exact) mass is 272 g/mol. The second kappa shape index (κ2) is 5.03. The highest BCUT2D eigenvalue weighted by Gasteiger charge is 2.33. The number of rotatable bonds is 2. The molecule has 19 heavy (non-hydrogen) atoms. The maximum absolute atomic E-state index is 12.4. The highest BCUT2D eigenvalue weighted by molar-refractivity contribution is 6.30. The van der Waals surface area contributed by atoms with Crippen LogP contribution in [0.15, 0.2) is 54.6 Å². The van der Waals surface area contributed by atoms with Gasteiger partial charge in [-0.2, -0.15) is 0 Å². The molecule has 0 aromatic heterocycles. The number of hydrazine groups is 1. The number of hydrogen-bond donors (Lipinski definition) is 1. The molecule has 2 aromatic rings. The second-order valence-electron chi connectivity index (χ2n) is 4.48. The Morgan fingerprint density at radius 3 is 2.63 bits per heavy atom. The van der Waals surface area contributed by atoms with E-state index in [4.69, 9.17) is 11.6 Å². The summed E-state index contributed by atoms with van der Waals surface area (Å²) in [5, 5.41) is 2.26. The lowest BCUT2D eigenvalue weighted by Gasteiger charge is -2.16. The molecule has 1 fully saturated rings. The largest absolute Gasteiger partial charge is 0.272 e. The van der Waals surface area contributed by atoms with Crippen LogP contribution < -0.4 is 10.4 Å². The first kappa shape index (κ1) is 12.2. The van der Waals surface area contributed by atoms with E-state index in [0.29, 0.717) is 11.6 Å². The SMILES string of the molecule is O=C1C(c2cccc(Cl)c2)CNN1c1ccccc1. The molecule has 0 spiro atoms. The van der Waals surface area contributed by atoms with E-state index in [9.17, 15) is 4.79 Å². The molecule has 4 heteroatoms. The summed E-state index contributed by atoms with van der Waals surface area (Å²) in [5.74, 6) is -0.132. The number of benzene rings is 2. The van der Waals surface area contributed by atoms with Crippen molar-refractivity contribution in [1.82, 2.24) is 5.43 Å². The van der Waals surface area contributed by atoms with Gasteiger partial charge in [0.2, 0.25) is 5.91 Å². The number of anilines is 1. The van der Waals surface area contributed by atoms with Crippen LogP contribution >= 0.6 is 11.6 Å². The number of carbonyl (C=O) groups is 1. The third-order valence-electron chi connectivity index (χ3n) is 3.24. The standard InChI is InChI=1S/C15H13ClN2O/c16-12-6-4-5-11(9-12)14-10-17-18(15(14)19)13-7-2-1-3-8-13/h1-9,14,17H,10H2. The van der Waals surface area contributed by atoms with E-state index in [1.165, 1.54) is 0 Å². The first-order chi connectivity index (χ1) is 9.25. The molecule has 1 saturated heterocycles. The van der Waals surface area contributed by atoms with E-state index in [2.05, 4.69) is 5.43 Å². The molecule has 1 heterocycles. The lowest BCUT2D eigenvalue weighted by molar-refractivity contribution is -0.118. The summed E-state index contributed by atoms with van der Waals surface area (Å²) in [6.45, 7) is 0.591. The third-order valence-corrected chi connectivity index (χ3v) is 3.47. The van der Waals surface area contributed by atoms with Gasteiger partial charge in [0.05, 0.1) is 11.6 Å². The average Bonchev–Trinajstić information content (AvgIpc) is 2.81. The van der Waals surface area contributed by atoms with E-state index < -0.39 is 0 Å². The minimum absolute atomic E-state index is 0.0495. The van der Waals surface area contributed by atoms with Gasteiger partial charge in [-0.05, 0) is 29.8 Å². The van der Waals surface area contributed by atoms with Crippen molar-refractivity contribution in [2.75, 3.05) is 11.6 Å². The van der Waals surface area contributed by atoms with Crippen LogP contribution in [0.2, 0.25) is 5.02 Å². The Kier molecular flexibility index (Phi) is 3.23. The molecule has 1 N–H and O–H groups in total. The van der Waals surface area contributed by atoms with E-state index in [0.717, 1.165) is 11.3 Å². The fraction of sp³-hybridized carbons (Fsp3) is 0.133. The van der Waals surface area contributed by atoms with Crippen molar-refractivity contribution >= 4 is 23.2 Å². The van der Waals surface area contributed by atoms with Crippen molar-refractivity contribution in [3.05, 3.63) is 65.2 Å². The minimum Gasteiger partial charge on any atom is -0.272 e. The first-order valence-corrected chi connectivity index (χ1v) is 6.51. The summed E-state index contributed by atoms with van der Waals surface area (Å²) >= 11 is 5.98. The number of nitrogens with zero attached hydrogens (tertiary/aromatic N) is 1. The van der Waals surface area contributed by atoms with Gasteiger partial charge in [0.15, 0.2) is 0 Å². The minimum atomic E-state index is -0.182. The van der Waals surface area contributed by atoms with E-state index in [1.807, 2.05) is 54.6 Å². The van der Waals surface area contributed by atoms with Crippen molar-refractivity contribution in [1.29, 1.82) is 0 Å². The zero-order valence-corrected chi connectivity index (χ0v) is 11.0. The molecule has 1 amide bonds. The topological polar surface area (TPSA) is 32.3 Å². The molecular weight excluding hydrogens is 260 g/mol. The first-order valence-electron chi connectivity index (χ1n) is 6.14. The van der Waals surface area contributed by atoms with E-state index in [-0.39, 0.29) is 11.8 Å². The Bertz CT molecular complexity index is 600. The Morgan fingerprint density at radius 2 is 1.89 bits per heavy atom. The van der Waals surface area contributed by atoms with Gasteiger partial charge < -0.3 is 0 Å². The number of hydrogen-bond acceptors (Lipinski definition) is 2. The summed E-state index contributed by atoms with van der Waals surface area (Å²) < 4.78 is 0. The van der Waals surface area contributed by atoms with Crippen LogP contribution in [0, 0.1) is 0 Å². The van der Waals surface area contributed by atoms with Crippen molar-refractivity contribution in [3.8, 4) is 0 Å². The van der Waals surface area contributed by atoms with Crippen molar-refractivity contribution < 1.29 is 4.79 Å². The average molecular weight is 273 g/mol. The molecule has 0 radical (unpaired) electrons. The van der Waals surface area contributed by atoms with Gasteiger partial charge in [0.25, 0.3) is 0 Å². The summed E-state index contributed by atoms with van der Waals surface area (Å²) in [6.07, 6.45) is 0. The quantitative estimate of drug-likeness (QED) is 0.912. The van der Waals surface area contributed by atoms with Crippen molar-refractivity contribution in [2.45, 2.75) is 5.92 Å². The Hall–Kier alpha value is -1.84. The second-order valence-corrected chi connectivity index (χ2v) is 4.92. The van der Waals surface area contributed by atoms with Crippen LogP contribution in [0.5, 0.6) is 0 Å². The number of nitrogens with one attached hydrogen (secondary N) is 1. The van der Waals surface area contributed by atoms with E-state index in [1.54, 1.807) is 5.01 Å². The lowest BCUT2D eigenvalue weighted by atomic mass is 9.99. The zero-order valence-electron chi connectivity index (χ0n) is 10.2. The molecular formula is C15H13ClN2O. The fourth-order valence-corrected chi connectivity index (χ4v) is 2.48. The maximum Gasteiger partial charge on any atom is 0.250 e. The third kappa shape index (κ3) is 2.35. The molecule has 0 aliphatic carbocycles. The number of carbonyl (C=O) groups excluding carboxylic acids is 1. The lowest BCUT2D eigenvalue weighted by Crippen LogP contribution is -2.34.